The smallest absolute Gasteiger partial charge is 0.309 e. The van der Waals surface area contributed by atoms with E-state index in [1.54, 1.807) is 6.92 Å². The van der Waals surface area contributed by atoms with Crippen LogP contribution in [0.3, 0.4) is 0 Å². The highest BCUT2D eigenvalue weighted by Gasteiger charge is 2.34. The van der Waals surface area contributed by atoms with Gasteiger partial charge in [-0.15, -0.1) is 0 Å². The van der Waals surface area contributed by atoms with E-state index in [2.05, 4.69) is 4.98 Å². The molecular weight excluding hydrogens is 410 g/mol. The van der Waals surface area contributed by atoms with Crippen molar-refractivity contribution >= 4 is 11.8 Å². The minimum atomic E-state index is -0.722. The summed E-state index contributed by atoms with van der Waals surface area (Å²) in [4.78, 5) is 29.5. The van der Waals surface area contributed by atoms with Gasteiger partial charge in [-0.3, -0.25) is 9.59 Å². The van der Waals surface area contributed by atoms with Crippen LogP contribution in [0.25, 0.3) is 0 Å². The van der Waals surface area contributed by atoms with E-state index in [0.29, 0.717) is 5.75 Å². The molecule has 7 nitrogen and oxygen atoms in total. The fourth-order valence-corrected chi connectivity index (χ4v) is 3.33. The number of esters is 1. The van der Waals surface area contributed by atoms with E-state index in [0.717, 1.165) is 0 Å². The Hall–Kier alpha value is -3.09. The first kappa shape index (κ1) is 25.2. The third-order valence-corrected chi connectivity index (χ3v) is 5.17. The molecule has 1 heterocycles. The standard InChI is InChI=1S/C25H33NO6/c1-15(2)23(31-18-10-8-7-9-11-18)24(16(3)4)32-25(29)17(5)14-19(27)21-22(28)20(30-6)12-13-26-21/h7-13,15-17,23-24,28H,14H2,1-6H3/t17-,23-,24+/m1/s1. The summed E-state index contributed by atoms with van der Waals surface area (Å²) in [7, 11) is 1.39. The zero-order valence-corrected chi connectivity index (χ0v) is 19.6. The lowest BCUT2D eigenvalue weighted by atomic mass is 9.93. The Bertz CT molecular complexity index is 897. The lowest BCUT2D eigenvalue weighted by Gasteiger charge is -2.33. The number of carbonyl (C=O) groups is 2. The summed E-state index contributed by atoms with van der Waals surface area (Å²) in [6, 6.07) is 10.9. The normalized spacial score (nSPS) is 14.0. The SMILES string of the molecule is COc1ccnc(C(=O)C[C@@H](C)C(=O)O[C@@H](C(C)C)[C@H](Oc2ccccc2)C(C)C)c1O. The van der Waals surface area contributed by atoms with Crippen LogP contribution in [-0.2, 0) is 9.53 Å². The summed E-state index contributed by atoms with van der Waals surface area (Å²) in [5, 5.41) is 10.2. The van der Waals surface area contributed by atoms with Crippen molar-refractivity contribution in [3.8, 4) is 17.2 Å². The molecule has 32 heavy (non-hydrogen) atoms. The van der Waals surface area contributed by atoms with E-state index >= 15 is 0 Å². The highest BCUT2D eigenvalue weighted by molar-refractivity contribution is 5.99. The van der Waals surface area contributed by atoms with Crippen molar-refractivity contribution in [3.05, 3.63) is 48.3 Å². The molecule has 2 aromatic rings. The molecule has 0 bridgehead atoms. The zero-order valence-electron chi connectivity index (χ0n) is 19.6. The van der Waals surface area contributed by atoms with Crippen molar-refractivity contribution in [2.24, 2.45) is 17.8 Å². The highest BCUT2D eigenvalue weighted by Crippen LogP contribution is 2.30. The molecule has 0 amide bonds. The third-order valence-electron chi connectivity index (χ3n) is 5.17. The second-order valence-electron chi connectivity index (χ2n) is 8.52. The predicted octanol–water partition coefficient (Wildman–Crippen LogP) is 4.68. The lowest BCUT2D eigenvalue weighted by molar-refractivity contribution is -0.163. The van der Waals surface area contributed by atoms with E-state index in [4.69, 9.17) is 14.2 Å². The Balaban J connectivity index is 2.11. The van der Waals surface area contributed by atoms with E-state index < -0.39 is 23.8 Å². The van der Waals surface area contributed by atoms with Gasteiger partial charge in [0, 0.05) is 18.7 Å². The fourth-order valence-electron chi connectivity index (χ4n) is 3.33. The number of hydrogen-bond acceptors (Lipinski definition) is 7. The average molecular weight is 444 g/mol. The van der Waals surface area contributed by atoms with Gasteiger partial charge in [-0.2, -0.15) is 0 Å². The largest absolute Gasteiger partial charge is 0.503 e. The molecule has 0 aliphatic rings. The molecule has 0 aliphatic carbocycles. The second-order valence-corrected chi connectivity index (χ2v) is 8.52. The molecule has 1 N–H and O–H groups in total. The minimum absolute atomic E-state index is 0.00191. The van der Waals surface area contributed by atoms with Crippen molar-refractivity contribution in [2.45, 2.75) is 53.2 Å². The number of nitrogens with zero attached hydrogens (tertiary/aromatic N) is 1. The maximum atomic E-state index is 12.9. The van der Waals surface area contributed by atoms with E-state index in [9.17, 15) is 14.7 Å². The van der Waals surface area contributed by atoms with E-state index in [-0.39, 0.29) is 41.6 Å². The first-order chi connectivity index (χ1) is 15.1. The van der Waals surface area contributed by atoms with Crippen LogP contribution in [0.15, 0.2) is 42.6 Å². The van der Waals surface area contributed by atoms with Gasteiger partial charge in [0.15, 0.2) is 23.0 Å². The summed E-state index contributed by atoms with van der Waals surface area (Å²) in [6.07, 6.45) is 0.373. The van der Waals surface area contributed by atoms with Crippen LogP contribution in [-0.4, -0.2) is 41.2 Å². The fraction of sp³-hybridized carbons (Fsp3) is 0.480. The quantitative estimate of drug-likeness (QED) is 0.398. The molecule has 2 rings (SSSR count). The molecule has 7 heteroatoms. The maximum absolute atomic E-state index is 12.9. The number of ketones is 1. The van der Waals surface area contributed by atoms with Gasteiger partial charge < -0.3 is 19.3 Å². The van der Waals surface area contributed by atoms with E-state index in [1.165, 1.54) is 19.4 Å². The van der Waals surface area contributed by atoms with Crippen LogP contribution in [0.4, 0.5) is 0 Å². The predicted molar refractivity (Wildman–Crippen MR) is 121 cm³/mol. The average Bonchev–Trinajstić information content (AvgIpc) is 2.76. The topological polar surface area (TPSA) is 95.0 Å². The molecule has 1 aromatic carbocycles. The van der Waals surface area contributed by atoms with Gasteiger partial charge in [0.1, 0.15) is 18.0 Å². The number of ether oxygens (including phenoxy) is 3. The molecule has 3 atom stereocenters. The van der Waals surface area contributed by atoms with Gasteiger partial charge >= 0.3 is 5.97 Å². The first-order valence-electron chi connectivity index (χ1n) is 10.8. The number of carbonyl (C=O) groups excluding carboxylic acids is 2. The molecule has 0 radical (unpaired) electrons. The van der Waals surface area contributed by atoms with Gasteiger partial charge in [0.25, 0.3) is 0 Å². The lowest BCUT2D eigenvalue weighted by Crippen LogP contribution is -2.43. The van der Waals surface area contributed by atoms with Crippen LogP contribution >= 0.6 is 0 Å². The van der Waals surface area contributed by atoms with Crippen molar-refractivity contribution in [3.63, 3.8) is 0 Å². The summed E-state index contributed by atoms with van der Waals surface area (Å²) < 4.78 is 17.0. The van der Waals surface area contributed by atoms with Crippen LogP contribution in [0, 0.1) is 17.8 Å². The van der Waals surface area contributed by atoms with Crippen molar-refractivity contribution in [1.29, 1.82) is 0 Å². The number of Topliss-reactive ketones (excluding diaryl/α,β-unsaturated/α-hetero) is 1. The summed E-state index contributed by atoms with van der Waals surface area (Å²) in [6.45, 7) is 9.59. The Labute approximate surface area is 189 Å². The van der Waals surface area contributed by atoms with Gasteiger partial charge in [0.2, 0.25) is 0 Å². The molecule has 0 saturated heterocycles. The third kappa shape index (κ3) is 6.45. The highest BCUT2D eigenvalue weighted by atomic mass is 16.6. The Morgan fingerprint density at radius 2 is 1.59 bits per heavy atom. The molecule has 0 aliphatic heterocycles. The minimum Gasteiger partial charge on any atom is -0.503 e. The Morgan fingerprint density at radius 1 is 0.969 bits per heavy atom. The molecule has 0 unspecified atom stereocenters. The molecule has 0 saturated carbocycles. The van der Waals surface area contributed by atoms with Gasteiger partial charge in [-0.05, 0) is 24.0 Å². The Morgan fingerprint density at radius 3 is 2.16 bits per heavy atom. The summed E-state index contributed by atoms with van der Waals surface area (Å²) in [5.74, 6) is -1.08. The molecular formula is C25H33NO6. The van der Waals surface area contributed by atoms with Gasteiger partial charge in [-0.1, -0.05) is 52.8 Å². The van der Waals surface area contributed by atoms with Crippen LogP contribution < -0.4 is 9.47 Å². The van der Waals surface area contributed by atoms with Gasteiger partial charge in [0.05, 0.1) is 13.0 Å². The summed E-state index contributed by atoms with van der Waals surface area (Å²) >= 11 is 0. The van der Waals surface area contributed by atoms with Gasteiger partial charge in [-0.25, -0.2) is 4.98 Å². The molecule has 174 valence electrons. The number of hydrogen-bond donors (Lipinski definition) is 1. The Kier molecular flexibility index (Phi) is 9.05. The van der Waals surface area contributed by atoms with Crippen molar-refractivity contribution in [1.82, 2.24) is 4.98 Å². The molecule has 0 spiro atoms. The van der Waals surface area contributed by atoms with E-state index in [1.807, 2.05) is 58.0 Å². The molecule has 1 aromatic heterocycles. The number of para-hydroxylation sites is 1. The maximum Gasteiger partial charge on any atom is 0.309 e. The van der Waals surface area contributed by atoms with Crippen molar-refractivity contribution < 1.29 is 28.9 Å². The number of aromatic hydroxyl groups is 1. The summed E-state index contributed by atoms with van der Waals surface area (Å²) in [5.41, 5.74) is -0.128. The number of aromatic nitrogens is 1. The second kappa shape index (κ2) is 11.5. The monoisotopic (exact) mass is 443 g/mol. The van der Waals surface area contributed by atoms with Crippen LogP contribution in [0.2, 0.25) is 0 Å². The molecule has 0 fully saturated rings. The number of benzene rings is 1. The zero-order chi connectivity index (χ0) is 23.8. The first-order valence-corrected chi connectivity index (χ1v) is 10.8. The number of rotatable bonds is 11. The van der Waals surface area contributed by atoms with Crippen LogP contribution in [0.5, 0.6) is 17.2 Å². The number of pyridine rings is 1. The van der Waals surface area contributed by atoms with Crippen molar-refractivity contribution in [2.75, 3.05) is 7.11 Å². The number of methoxy groups -OCH3 is 1. The van der Waals surface area contributed by atoms with Crippen LogP contribution in [0.1, 0.15) is 51.5 Å².